The van der Waals surface area contributed by atoms with Gasteiger partial charge in [-0.2, -0.15) is 0 Å². The van der Waals surface area contributed by atoms with Crippen molar-refractivity contribution < 1.29 is 30.0 Å². The molecule has 0 saturated heterocycles. The number of hydrogen-bond acceptors (Lipinski definition) is 5. The molecule has 0 unspecified atom stereocenters. The molecule has 2 aromatic heterocycles. The molecule has 4 nitrogen and oxygen atoms in total. The number of aliphatic hydroxyl groups is 1. The van der Waals surface area contributed by atoms with Crippen LogP contribution in [0, 0.1) is 38.7 Å². The minimum absolute atomic E-state index is 0. The average molecular weight is 956 g/mol. The van der Waals surface area contributed by atoms with Gasteiger partial charge in [0, 0.05) is 76.3 Å². The first-order valence-corrected chi connectivity index (χ1v) is 27.6. The van der Waals surface area contributed by atoms with Gasteiger partial charge in [-0.15, -0.1) is 40.5 Å². The van der Waals surface area contributed by atoms with E-state index in [1.54, 1.807) is 17.4 Å². The number of hydrogen-bond donors (Lipinski definition) is 1. The Balaban J connectivity index is 0.000000314. The molecule has 0 fully saturated rings. The number of ketones is 1. The van der Waals surface area contributed by atoms with Gasteiger partial charge in [0.2, 0.25) is 0 Å². The second kappa shape index (κ2) is 18.5. The predicted molar refractivity (Wildman–Crippen MR) is 237 cm³/mol. The number of thiazole rings is 1. The van der Waals surface area contributed by atoms with Crippen LogP contribution in [0.25, 0.3) is 42.8 Å². The van der Waals surface area contributed by atoms with Gasteiger partial charge >= 0.3 is 0 Å². The summed E-state index contributed by atoms with van der Waals surface area (Å²) >= 11 is 1.73. The number of aryl methyl sites for hydroxylation is 3. The number of aliphatic hydroxyl groups excluding tert-OH is 1. The molecule has 1 N–H and O–H groups in total. The summed E-state index contributed by atoms with van der Waals surface area (Å²) in [4.78, 5) is 22.5. The zero-order valence-electron chi connectivity index (χ0n) is 35.2. The minimum Gasteiger partial charge on any atom is -0.512 e. The van der Waals surface area contributed by atoms with E-state index in [9.17, 15) is 9.90 Å². The largest absolute Gasteiger partial charge is 0.512 e. The van der Waals surface area contributed by atoms with Gasteiger partial charge in [-0.1, -0.05) is 121 Å². The first kappa shape index (κ1) is 45.6. The first-order chi connectivity index (χ1) is 24.6. The molecule has 2 heterocycles. The standard InChI is InChI=1S/C29H27N2S.C17H36O2Si2.Ir/c1-17-13-18(2)25(19(3)14-17)28-31-24-11-12-30-26(27(24)32-28)21-15-20-9-7-8-10-22(20)23(16-21)29(4,5)6;1-9-14(10-2)16(18)11-17(19)15(12-20(3,4)5)13-21(6,7)8;/h7-14,16H,1-6H3;11,14-15,18H,9-10,12-13H2,1-8H3;/q-1;;/b;16-11-;. The molecule has 0 atom stereocenters. The smallest absolute Gasteiger partial charge is 0.161 e. The Morgan fingerprint density at radius 1 is 0.889 bits per heavy atom. The van der Waals surface area contributed by atoms with E-state index in [0.717, 1.165) is 56.8 Å². The van der Waals surface area contributed by atoms with Crippen molar-refractivity contribution in [1.29, 1.82) is 0 Å². The van der Waals surface area contributed by atoms with E-state index in [0.29, 0.717) is 5.76 Å². The molecule has 1 radical (unpaired) electrons. The third-order valence-electron chi connectivity index (χ3n) is 9.85. The van der Waals surface area contributed by atoms with Gasteiger partial charge in [-0.3, -0.25) is 9.78 Å². The Morgan fingerprint density at radius 3 is 2.00 bits per heavy atom. The SMILES string of the molecule is CCC(CC)/C(O)=C/C(=O)C(C[Si](C)(C)C)C[Si](C)(C)C.Cc1cc(C)c(-c2nc3ccnc(-c4[c-]c5ccccc5c(C(C)(C)C)c4)c3s2)c(C)c1.[Ir]. The molecule has 0 saturated carbocycles. The normalized spacial score (nSPS) is 12.6. The minimum atomic E-state index is -1.29. The maximum atomic E-state index is 12.7. The number of benzene rings is 3. The number of pyridine rings is 1. The van der Waals surface area contributed by atoms with Crippen molar-refractivity contribution in [1.82, 2.24) is 9.97 Å². The van der Waals surface area contributed by atoms with Crippen molar-refractivity contribution in [3.63, 3.8) is 0 Å². The van der Waals surface area contributed by atoms with Gasteiger partial charge in [0.1, 0.15) is 5.01 Å². The number of fused-ring (bicyclic) bond motifs is 2. The molecule has 0 bridgehead atoms. The van der Waals surface area contributed by atoms with Gasteiger partial charge in [0.05, 0.1) is 11.3 Å². The molecule has 54 heavy (non-hydrogen) atoms. The quantitative estimate of drug-likeness (QED) is 0.0620. The van der Waals surface area contributed by atoms with E-state index in [1.165, 1.54) is 33.2 Å². The maximum Gasteiger partial charge on any atom is 0.161 e. The van der Waals surface area contributed by atoms with E-state index >= 15 is 0 Å². The summed E-state index contributed by atoms with van der Waals surface area (Å²) < 4.78 is 1.12. The van der Waals surface area contributed by atoms with Crippen LogP contribution in [-0.4, -0.2) is 37.0 Å². The second-order valence-corrected chi connectivity index (χ2v) is 30.5. The van der Waals surface area contributed by atoms with E-state index in [1.807, 2.05) is 12.3 Å². The number of rotatable bonds is 11. The van der Waals surface area contributed by atoms with Crippen molar-refractivity contribution in [2.45, 2.75) is 125 Å². The van der Waals surface area contributed by atoms with Crippen molar-refractivity contribution in [2.75, 3.05) is 0 Å². The van der Waals surface area contributed by atoms with Gasteiger partial charge in [0.25, 0.3) is 0 Å². The Morgan fingerprint density at radius 2 is 1.46 bits per heavy atom. The van der Waals surface area contributed by atoms with Crippen molar-refractivity contribution >= 4 is 54.3 Å². The maximum absolute atomic E-state index is 12.7. The number of nitrogens with zero attached hydrogens (tertiary/aromatic N) is 2. The molecule has 8 heteroatoms. The Kier molecular flexibility index (Phi) is 15.6. The summed E-state index contributed by atoms with van der Waals surface area (Å²) in [5, 5.41) is 13.6. The summed E-state index contributed by atoms with van der Waals surface area (Å²) in [5.41, 5.74) is 9.38. The number of carbonyl (C=O) groups excluding carboxylic acids is 1. The molecule has 3 aromatic carbocycles. The van der Waals surface area contributed by atoms with Crippen LogP contribution in [0.2, 0.25) is 51.4 Å². The van der Waals surface area contributed by atoms with Crippen LogP contribution >= 0.6 is 11.3 Å². The zero-order valence-corrected chi connectivity index (χ0v) is 40.5. The van der Waals surface area contributed by atoms with Crippen LogP contribution in [0.3, 0.4) is 0 Å². The average Bonchev–Trinajstić information content (AvgIpc) is 3.46. The van der Waals surface area contributed by atoms with Gasteiger partial charge in [-0.05, 0) is 68.3 Å². The summed E-state index contributed by atoms with van der Waals surface area (Å²) in [6.07, 6.45) is 5.19. The first-order valence-electron chi connectivity index (χ1n) is 19.4. The molecule has 5 aromatic rings. The van der Waals surface area contributed by atoms with Crippen LogP contribution in [-0.2, 0) is 30.3 Å². The monoisotopic (exact) mass is 956 g/mol. The Hall–Kier alpha value is -2.75. The van der Waals surface area contributed by atoms with Crippen LogP contribution in [0.5, 0.6) is 0 Å². The fourth-order valence-corrected chi connectivity index (χ4v) is 12.7. The molecule has 0 spiro atoms. The molecule has 0 aliphatic carbocycles. The van der Waals surface area contributed by atoms with E-state index < -0.39 is 16.1 Å². The number of allylic oxidation sites excluding steroid dienone is 2. The molecule has 293 valence electrons. The Bertz CT molecular complexity index is 2060. The third kappa shape index (κ3) is 11.9. The molecule has 0 aliphatic heterocycles. The Labute approximate surface area is 345 Å². The third-order valence-corrected chi connectivity index (χ3v) is 14.4. The summed E-state index contributed by atoms with van der Waals surface area (Å²) in [7, 11) is -2.57. The molecular formula is C46H63IrN2O2SSi2-. The fourth-order valence-electron chi connectivity index (χ4n) is 7.49. The second-order valence-electron chi connectivity index (χ2n) is 18.4. The zero-order chi connectivity index (χ0) is 39.5. The summed E-state index contributed by atoms with van der Waals surface area (Å²) in [6, 6.07) is 23.0. The summed E-state index contributed by atoms with van der Waals surface area (Å²) in [5.74, 6) is 0.693. The fraction of sp³-hybridized carbons (Fsp3) is 0.457. The van der Waals surface area contributed by atoms with Gasteiger partial charge in [0.15, 0.2) is 5.78 Å². The molecule has 0 aliphatic rings. The number of aromatic nitrogens is 2. The molecule has 5 rings (SSSR count). The molecular weight excluding hydrogens is 893 g/mol. The topological polar surface area (TPSA) is 63.1 Å². The van der Waals surface area contributed by atoms with E-state index in [2.05, 4.69) is 143 Å². The van der Waals surface area contributed by atoms with Crippen LogP contribution in [0.1, 0.15) is 69.7 Å². The summed E-state index contributed by atoms with van der Waals surface area (Å²) in [6.45, 7) is 31.3. The van der Waals surface area contributed by atoms with E-state index in [-0.39, 0.29) is 43.1 Å². The van der Waals surface area contributed by atoms with Crippen molar-refractivity contribution in [2.24, 2.45) is 11.8 Å². The van der Waals surface area contributed by atoms with Crippen molar-refractivity contribution in [3.8, 4) is 21.8 Å². The van der Waals surface area contributed by atoms with Gasteiger partial charge < -0.3 is 5.11 Å². The predicted octanol–water partition coefficient (Wildman–Crippen LogP) is 13.9. The van der Waals surface area contributed by atoms with Crippen molar-refractivity contribution in [3.05, 3.63) is 94.9 Å². The van der Waals surface area contributed by atoms with Crippen LogP contribution < -0.4 is 0 Å². The molecule has 0 amide bonds. The van der Waals surface area contributed by atoms with E-state index in [4.69, 9.17) is 9.97 Å². The number of carbonyl (C=O) groups is 1. The van der Waals surface area contributed by atoms with Crippen LogP contribution in [0.15, 0.2) is 66.6 Å². The van der Waals surface area contributed by atoms with Crippen LogP contribution in [0.4, 0.5) is 0 Å². The van der Waals surface area contributed by atoms with Gasteiger partial charge in [-0.25, -0.2) is 4.98 Å².